The molecule has 32 heavy (non-hydrogen) atoms. The molecule has 3 N–H and O–H groups in total. The van der Waals surface area contributed by atoms with Crippen LogP contribution in [0.4, 0.5) is 0 Å². The van der Waals surface area contributed by atoms with E-state index < -0.39 is 0 Å². The van der Waals surface area contributed by atoms with Gasteiger partial charge in [0.15, 0.2) is 0 Å². The molecule has 6 heteroatoms. The van der Waals surface area contributed by atoms with Crippen molar-refractivity contribution in [2.45, 2.75) is 53.0 Å². The molecule has 1 aromatic heterocycles. The summed E-state index contributed by atoms with van der Waals surface area (Å²) in [4.78, 5) is 13.9. The first kappa shape index (κ1) is 25.1. The maximum absolute atomic E-state index is 9.41. The third-order valence-corrected chi connectivity index (χ3v) is 6.47. The number of amidine groups is 2. The molecule has 0 amide bonds. The number of allylic oxidation sites excluding steroid dienone is 2. The molecule has 0 spiro atoms. The van der Waals surface area contributed by atoms with Crippen LogP contribution in [0.1, 0.15) is 57.8 Å². The first-order valence-electron chi connectivity index (χ1n) is 11.2. The summed E-state index contributed by atoms with van der Waals surface area (Å²) in [6.07, 6.45) is 6.49. The van der Waals surface area contributed by atoms with Gasteiger partial charge in [-0.05, 0) is 56.6 Å². The molecule has 4 unspecified atom stereocenters. The zero-order chi connectivity index (χ0) is 23.8. The Balaban J connectivity index is 2.40. The Morgan fingerprint density at radius 3 is 2.56 bits per heavy atom. The van der Waals surface area contributed by atoms with Gasteiger partial charge < -0.3 is 11.1 Å². The Labute approximate surface area is 192 Å². The molecule has 170 valence electrons. The average molecular weight is 433 g/mol. The lowest BCUT2D eigenvalue weighted by Crippen LogP contribution is -2.46. The van der Waals surface area contributed by atoms with Gasteiger partial charge in [-0.1, -0.05) is 44.7 Å². The van der Waals surface area contributed by atoms with E-state index in [1.165, 1.54) is 5.57 Å². The highest BCUT2D eigenvalue weighted by atomic mass is 15.1. The van der Waals surface area contributed by atoms with Gasteiger partial charge in [0, 0.05) is 24.9 Å². The van der Waals surface area contributed by atoms with Gasteiger partial charge in [0.1, 0.15) is 23.4 Å². The smallest absolute Gasteiger partial charge is 0.137 e. The SMILES string of the molecule is C=CC(C(=NC(C)c1ccc(CC)nc1)NC(=NC)C1CCC1C(C)C(=C)C)=C(N)C#N. The summed E-state index contributed by atoms with van der Waals surface area (Å²) in [5, 5.41) is 12.8. The van der Waals surface area contributed by atoms with Crippen molar-refractivity contribution in [2.75, 3.05) is 7.05 Å². The summed E-state index contributed by atoms with van der Waals surface area (Å²) in [6, 6.07) is 5.87. The molecule has 1 fully saturated rings. The number of aromatic nitrogens is 1. The van der Waals surface area contributed by atoms with Crippen molar-refractivity contribution in [1.82, 2.24) is 10.3 Å². The minimum absolute atomic E-state index is 0.0637. The predicted molar refractivity (Wildman–Crippen MR) is 133 cm³/mol. The van der Waals surface area contributed by atoms with Crippen LogP contribution in [-0.2, 0) is 6.42 Å². The van der Waals surface area contributed by atoms with Crippen LogP contribution in [0.2, 0.25) is 0 Å². The Bertz CT molecular complexity index is 961. The van der Waals surface area contributed by atoms with Crippen LogP contribution >= 0.6 is 0 Å². The molecule has 1 heterocycles. The summed E-state index contributed by atoms with van der Waals surface area (Å²) >= 11 is 0. The number of aliphatic imine (C=N–C) groups is 2. The topological polar surface area (TPSA) is 99.4 Å². The highest BCUT2D eigenvalue weighted by molar-refractivity contribution is 6.12. The maximum Gasteiger partial charge on any atom is 0.137 e. The van der Waals surface area contributed by atoms with Crippen LogP contribution in [0.3, 0.4) is 0 Å². The number of nitriles is 1. The van der Waals surface area contributed by atoms with Gasteiger partial charge in [-0.15, -0.1) is 0 Å². The fourth-order valence-electron chi connectivity index (χ4n) is 3.99. The molecule has 2 rings (SSSR count). The Kier molecular flexibility index (Phi) is 8.95. The van der Waals surface area contributed by atoms with Gasteiger partial charge in [-0.2, -0.15) is 5.26 Å². The molecular formula is C26H36N6. The minimum Gasteiger partial charge on any atom is -0.390 e. The van der Waals surface area contributed by atoms with Crippen molar-refractivity contribution in [3.8, 4) is 6.07 Å². The summed E-state index contributed by atoms with van der Waals surface area (Å²) < 4.78 is 0. The molecule has 0 saturated heterocycles. The number of pyridine rings is 1. The van der Waals surface area contributed by atoms with E-state index in [0.29, 0.717) is 23.2 Å². The predicted octanol–water partition coefficient (Wildman–Crippen LogP) is 4.88. The van der Waals surface area contributed by atoms with E-state index in [2.05, 4.69) is 49.2 Å². The summed E-state index contributed by atoms with van der Waals surface area (Å²) in [6.45, 7) is 16.4. The van der Waals surface area contributed by atoms with Crippen LogP contribution < -0.4 is 11.1 Å². The molecule has 1 aliphatic carbocycles. The van der Waals surface area contributed by atoms with E-state index in [4.69, 9.17) is 10.7 Å². The zero-order valence-electron chi connectivity index (χ0n) is 20.0. The van der Waals surface area contributed by atoms with E-state index in [-0.39, 0.29) is 17.7 Å². The second-order valence-electron chi connectivity index (χ2n) is 8.45. The summed E-state index contributed by atoms with van der Waals surface area (Å²) in [5.74, 6) is 2.53. The largest absolute Gasteiger partial charge is 0.390 e. The monoisotopic (exact) mass is 432 g/mol. The summed E-state index contributed by atoms with van der Waals surface area (Å²) in [7, 11) is 1.78. The molecule has 6 nitrogen and oxygen atoms in total. The first-order chi connectivity index (χ1) is 15.3. The van der Waals surface area contributed by atoms with Crippen LogP contribution in [0.5, 0.6) is 0 Å². The lowest BCUT2D eigenvalue weighted by Gasteiger charge is -2.42. The van der Waals surface area contributed by atoms with Gasteiger partial charge in [-0.3, -0.25) is 15.0 Å². The van der Waals surface area contributed by atoms with Crippen molar-refractivity contribution >= 4 is 11.7 Å². The Morgan fingerprint density at radius 2 is 2.12 bits per heavy atom. The van der Waals surface area contributed by atoms with Gasteiger partial charge in [0.25, 0.3) is 0 Å². The van der Waals surface area contributed by atoms with E-state index in [1.807, 2.05) is 31.3 Å². The van der Waals surface area contributed by atoms with Crippen molar-refractivity contribution in [3.63, 3.8) is 0 Å². The lowest BCUT2D eigenvalue weighted by molar-refractivity contribution is 0.186. The fraction of sp³-hybridized carbons (Fsp3) is 0.462. The number of nitrogens with one attached hydrogen (secondary N) is 1. The standard InChI is InChI=1S/C26H36N6/c1-8-20-11-10-19(15-30-20)18(6)31-26(21(9-2)24(28)14-27)32-25(29-7)23-13-12-22(23)17(5)16(3)4/h9-11,15,17-18,22-23H,2-3,8,12-13,28H2,1,4-7H3,(H,29,31,32). The molecule has 0 aromatic carbocycles. The molecule has 1 saturated carbocycles. The number of hydrogen-bond acceptors (Lipinski definition) is 5. The van der Waals surface area contributed by atoms with Crippen molar-refractivity contribution in [1.29, 1.82) is 5.26 Å². The highest BCUT2D eigenvalue weighted by Gasteiger charge is 2.38. The normalized spacial score (nSPS) is 21.5. The molecule has 0 radical (unpaired) electrons. The maximum atomic E-state index is 9.41. The van der Waals surface area contributed by atoms with Crippen LogP contribution in [0, 0.1) is 29.1 Å². The minimum atomic E-state index is -0.193. The van der Waals surface area contributed by atoms with Gasteiger partial charge in [-0.25, -0.2) is 0 Å². The molecule has 0 bridgehead atoms. The van der Waals surface area contributed by atoms with E-state index in [9.17, 15) is 5.26 Å². The second kappa shape index (κ2) is 11.4. The van der Waals surface area contributed by atoms with E-state index in [0.717, 1.165) is 36.4 Å². The highest BCUT2D eigenvalue weighted by Crippen LogP contribution is 2.42. The van der Waals surface area contributed by atoms with Gasteiger partial charge in [0.2, 0.25) is 0 Å². The third kappa shape index (κ3) is 5.73. The fourth-order valence-corrected chi connectivity index (χ4v) is 3.99. The molecule has 1 aromatic rings. The molecular weight excluding hydrogens is 396 g/mol. The quantitative estimate of drug-likeness (QED) is 0.201. The number of hydrogen-bond donors (Lipinski definition) is 2. The van der Waals surface area contributed by atoms with Crippen molar-refractivity contribution in [3.05, 3.63) is 65.7 Å². The molecule has 1 aliphatic rings. The Morgan fingerprint density at radius 1 is 1.41 bits per heavy atom. The number of nitrogens with two attached hydrogens (primary N) is 1. The molecule has 4 atom stereocenters. The van der Waals surface area contributed by atoms with E-state index >= 15 is 0 Å². The van der Waals surface area contributed by atoms with Crippen molar-refractivity contribution in [2.24, 2.45) is 33.5 Å². The second-order valence-corrected chi connectivity index (χ2v) is 8.45. The first-order valence-corrected chi connectivity index (χ1v) is 11.2. The average Bonchev–Trinajstić information content (AvgIpc) is 2.77. The van der Waals surface area contributed by atoms with Gasteiger partial charge in [0.05, 0.1) is 11.6 Å². The number of aryl methyl sites for hydroxylation is 1. The van der Waals surface area contributed by atoms with Gasteiger partial charge >= 0.3 is 0 Å². The van der Waals surface area contributed by atoms with Crippen LogP contribution in [-0.4, -0.2) is 23.7 Å². The van der Waals surface area contributed by atoms with Crippen LogP contribution in [0.25, 0.3) is 0 Å². The number of rotatable bonds is 8. The number of nitrogens with zero attached hydrogens (tertiary/aromatic N) is 4. The van der Waals surface area contributed by atoms with E-state index in [1.54, 1.807) is 13.1 Å². The van der Waals surface area contributed by atoms with Crippen molar-refractivity contribution < 1.29 is 0 Å². The van der Waals surface area contributed by atoms with Crippen LogP contribution in [0.15, 0.2) is 64.4 Å². The Hall–Kier alpha value is -3.20. The zero-order valence-corrected chi connectivity index (χ0v) is 20.0. The molecule has 0 aliphatic heterocycles. The summed E-state index contributed by atoms with van der Waals surface area (Å²) in [5.41, 5.74) is 9.73. The lowest BCUT2D eigenvalue weighted by atomic mass is 9.65. The third-order valence-electron chi connectivity index (χ3n) is 6.47.